The minimum atomic E-state index is -0.811. The SMILES string of the molecule is CCc1nc(OCCOC(=O)OC(C)(C)C)c2cc(Br)cc(F)c2n1.CCc1nc(OCCOC(=O)OC(C)(C)C)c2cc(CC(=O)OC(C)(C)C)cc(F)c2n1. The Morgan fingerprint density at radius 1 is 0.596 bits per heavy atom. The van der Waals surface area contributed by atoms with E-state index in [1.54, 1.807) is 74.4 Å². The summed E-state index contributed by atoms with van der Waals surface area (Å²) in [6.07, 6.45) is -0.683. The zero-order chi connectivity index (χ0) is 42.7. The summed E-state index contributed by atoms with van der Waals surface area (Å²) in [5.41, 5.74) is -1.24. The predicted octanol–water partition coefficient (Wildman–Crippen LogP) is 8.97. The smallest absolute Gasteiger partial charge is 0.474 e. The van der Waals surface area contributed by atoms with E-state index in [9.17, 15) is 23.2 Å². The van der Waals surface area contributed by atoms with E-state index in [0.717, 1.165) is 0 Å². The van der Waals surface area contributed by atoms with Crippen molar-refractivity contribution in [2.24, 2.45) is 0 Å². The average Bonchev–Trinajstić information content (AvgIpc) is 3.06. The standard InChI is InChI=1S/C23H31FN2O6.C17H20BrFN2O4/c1-8-17-25-19-15(11-14(12-16(19)24)13-18(27)31-22(2,3)4)20(26-17)29-9-10-30-21(28)32-23(5,6)7;1-5-13-20-14-11(8-10(18)9-12(14)19)15(21-13)23-6-7-24-16(22)25-17(2,3)4/h11-12H,8-10,13H2,1-7H3;8-9H,5-7H2,1-4H3. The maximum Gasteiger partial charge on any atom is 0.508 e. The van der Waals surface area contributed by atoms with Gasteiger partial charge in [-0.3, -0.25) is 4.79 Å². The second-order valence-electron chi connectivity index (χ2n) is 15.4. The maximum atomic E-state index is 14.8. The van der Waals surface area contributed by atoms with E-state index < -0.39 is 46.7 Å². The summed E-state index contributed by atoms with van der Waals surface area (Å²) >= 11 is 3.24. The molecule has 0 saturated heterocycles. The number of carbonyl (C=O) groups excluding carboxylic acids is 3. The summed E-state index contributed by atoms with van der Waals surface area (Å²) in [5, 5.41) is 0.763. The fourth-order valence-electron chi connectivity index (χ4n) is 4.71. The van der Waals surface area contributed by atoms with Crippen LogP contribution in [0.2, 0.25) is 0 Å². The number of hydrogen-bond donors (Lipinski definition) is 0. The molecule has 0 atom stereocenters. The van der Waals surface area contributed by atoms with Crippen molar-refractivity contribution in [3.05, 3.63) is 57.6 Å². The van der Waals surface area contributed by atoms with Crippen LogP contribution in [0.1, 0.15) is 93.4 Å². The molecule has 14 nitrogen and oxygen atoms in total. The molecule has 0 radical (unpaired) electrons. The Labute approximate surface area is 339 Å². The maximum absolute atomic E-state index is 14.8. The van der Waals surface area contributed by atoms with Crippen molar-refractivity contribution >= 4 is 56.0 Å². The Hall–Kier alpha value is -4.93. The second-order valence-corrected chi connectivity index (χ2v) is 16.4. The molecule has 0 bridgehead atoms. The molecule has 2 heterocycles. The second kappa shape index (κ2) is 20.0. The van der Waals surface area contributed by atoms with Crippen LogP contribution in [0.4, 0.5) is 18.4 Å². The Bertz CT molecular complexity index is 2050. The Morgan fingerprint density at radius 3 is 1.44 bits per heavy atom. The summed E-state index contributed by atoms with van der Waals surface area (Å²) in [4.78, 5) is 52.4. The highest BCUT2D eigenvalue weighted by atomic mass is 79.9. The largest absolute Gasteiger partial charge is 0.508 e. The van der Waals surface area contributed by atoms with Crippen molar-refractivity contribution in [3.8, 4) is 11.8 Å². The lowest BCUT2D eigenvalue weighted by molar-refractivity contribution is -0.153. The quantitative estimate of drug-likeness (QED) is 0.0752. The lowest BCUT2D eigenvalue weighted by Gasteiger charge is -2.19. The van der Waals surface area contributed by atoms with Gasteiger partial charge in [-0.15, -0.1) is 0 Å². The van der Waals surface area contributed by atoms with E-state index in [0.29, 0.717) is 45.3 Å². The molecular weight excluding hydrogens is 814 g/mol. The molecule has 2 aromatic carbocycles. The minimum Gasteiger partial charge on any atom is -0.474 e. The molecule has 0 unspecified atom stereocenters. The number of halogens is 3. The van der Waals surface area contributed by atoms with Crippen molar-refractivity contribution in [2.75, 3.05) is 26.4 Å². The number of benzene rings is 2. The van der Waals surface area contributed by atoms with Crippen molar-refractivity contribution in [1.82, 2.24) is 19.9 Å². The first kappa shape index (κ1) is 46.5. The number of nitrogens with zero attached hydrogens (tertiary/aromatic N) is 4. The van der Waals surface area contributed by atoms with Crippen LogP contribution in [0.15, 0.2) is 28.7 Å². The van der Waals surface area contributed by atoms with Crippen molar-refractivity contribution in [2.45, 2.75) is 112 Å². The van der Waals surface area contributed by atoms with Crippen LogP contribution in [0, 0.1) is 11.6 Å². The van der Waals surface area contributed by atoms with Gasteiger partial charge in [0.25, 0.3) is 0 Å². The van der Waals surface area contributed by atoms with E-state index in [1.807, 2.05) is 13.8 Å². The van der Waals surface area contributed by atoms with Crippen LogP contribution in [-0.4, -0.2) is 81.4 Å². The van der Waals surface area contributed by atoms with E-state index in [4.69, 9.17) is 33.2 Å². The van der Waals surface area contributed by atoms with Gasteiger partial charge in [0.2, 0.25) is 11.8 Å². The summed E-state index contributed by atoms with van der Waals surface area (Å²) in [6.45, 7) is 19.4. The summed E-state index contributed by atoms with van der Waals surface area (Å²) in [5.74, 6) is -0.268. The summed E-state index contributed by atoms with van der Waals surface area (Å²) in [6, 6.07) is 5.88. The van der Waals surface area contributed by atoms with Crippen molar-refractivity contribution in [3.63, 3.8) is 0 Å². The van der Waals surface area contributed by atoms with Gasteiger partial charge in [-0.25, -0.2) is 28.3 Å². The third-order valence-corrected chi connectivity index (χ3v) is 7.28. The number of aryl methyl sites for hydroxylation is 2. The monoisotopic (exact) mass is 864 g/mol. The Balaban J connectivity index is 0.000000315. The number of aromatic nitrogens is 4. The first-order valence-corrected chi connectivity index (χ1v) is 19.1. The molecule has 4 rings (SSSR count). The fourth-order valence-corrected chi connectivity index (χ4v) is 5.14. The lowest BCUT2D eigenvalue weighted by atomic mass is 10.1. The van der Waals surface area contributed by atoms with Crippen LogP contribution in [0.3, 0.4) is 0 Å². The molecular formula is C40H51BrF2N4O10. The normalized spacial score (nSPS) is 11.7. The highest BCUT2D eigenvalue weighted by Gasteiger charge is 2.21. The van der Waals surface area contributed by atoms with Gasteiger partial charge in [-0.1, -0.05) is 29.8 Å². The van der Waals surface area contributed by atoms with Gasteiger partial charge in [-0.05, 0) is 92.1 Å². The number of hydrogen-bond acceptors (Lipinski definition) is 14. The Morgan fingerprint density at radius 2 is 1.02 bits per heavy atom. The highest BCUT2D eigenvalue weighted by Crippen LogP contribution is 2.29. The van der Waals surface area contributed by atoms with E-state index >= 15 is 0 Å². The number of ether oxygens (including phenoxy) is 7. The molecule has 0 fully saturated rings. The third-order valence-electron chi connectivity index (χ3n) is 6.82. The third kappa shape index (κ3) is 15.9. The van der Waals surface area contributed by atoms with E-state index in [1.165, 1.54) is 12.1 Å². The van der Waals surface area contributed by atoms with Crippen LogP contribution >= 0.6 is 15.9 Å². The topological polar surface area (TPSA) is 167 Å². The van der Waals surface area contributed by atoms with Gasteiger partial charge in [0.05, 0.1) is 17.2 Å². The molecule has 0 aliphatic carbocycles. The first-order chi connectivity index (χ1) is 26.5. The Kier molecular flexibility index (Phi) is 16.3. The molecule has 2 aromatic heterocycles. The van der Waals surface area contributed by atoms with Gasteiger partial charge in [0.15, 0.2) is 5.82 Å². The molecule has 0 amide bonds. The van der Waals surface area contributed by atoms with Crippen molar-refractivity contribution < 1.29 is 56.3 Å². The van der Waals surface area contributed by atoms with Gasteiger partial charge >= 0.3 is 18.3 Å². The number of rotatable bonds is 12. The van der Waals surface area contributed by atoms with Gasteiger partial charge in [0, 0.05) is 17.3 Å². The van der Waals surface area contributed by atoms with Crippen LogP contribution in [0.5, 0.6) is 11.8 Å². The summed E-state index contributed by atoms with van der Waals surface area (Å²) in [7, 11) is 0. The minimum absolute atomic E-state index is 0.0155. The zero-order valence-electron chi connectivity index (χ0n) is 34.3. The van der Waals surface area contributed by atoms with Crippen LogP contribution in [0.25, 0.3) is 21.8 Å². The van der Waals surface area contributed by atoms with Crippen molar-refractivity contribution in [1.29, 1.82) is 0 Å². The number of esters is 1. The van der Waals surface area contributed by atoms with Gasteiger partial charge < -0.3 is 33.2 Å². The zero-order valence-corrected chi connectivity index (χ0v) is 35.9. The molecule has 17 heteroatoms. The van der Waals surface area contributed by atoms with E-state index in [-0.39, 0.29) is 55.6 Å². The molecule has 0 N–H and O–H groups in total. The highest BCUT2D eigenvalue weighted by molar-refractivity contribution is 9.10. The molecule has 0 saturated carbocycles. The van der Waals surface area contributed by atoms with Gasteiger partial charge in [-0.2, -0.15) is 9.97 Å². The van der Waals surface area contributed by atoms with E-state index in [2.05, 4.69) is 35.9 Å². The molecule has 0 aliphatic heterocycles. The molecule has 57 heavy (non-hydrogen) atoms. The molecule has 0 aliphatic rings. The van der Waals surface area contributed by atoms with Crippen LogP contribution < -0.4 is 9.47 Å². The average molecular weight is 866 g/mol. The number of fused-ring (bicyclic) bond motifs is 2. The predicted molar refractivity (Wildman–Crippen MR) is 210 cm³/mol. The van der Waals surface area contributed by atoms with Gasteiger partial charge in [0.1, 0.15) is 71.7 Å². The molecule has 312 valence electrons. The first-order valence-electron chi connectivity index (χ1n) is 18.3. The summed E-state index contributed by atoms with van der Waals surface area (Å²) < 4.78 is 66.1. The molecule has 4 aromatic rings. The van der Waals surface area contributed by atoms with Crippen LogP contribution in [-0.2, 0) is 47.7 Å². The molecule has 0 spiro atoms. The fraction of sp³-hybridized carbons (Fsp3) is 0.525. The number of carbonyl (C=O) groups is 3. The lowest BCUT2D eigenvalue weighted by Crippen LogP contribution is -2.25.